The first-order valence-electron chi connectivity index (χ1n) is 38.0. The molecule has 8 aliphatic carbocycles. The van der Waals surface area contributed by atoms with E-state index in [0.717, 1.165) is 110 Å². The van der Waals surface area contributed by atoms with E-state index in [-0.39, 0.29) is 74.7 Å². The predicted octanol–water partition coefficient (Wildman–Crippen LogP) is 21.4. The number of fused-ring (bicyclic) bond motifs is 10. The molecule has 0 spiro atoms. The third-order valence-electron chi connectivity index (χ3n) is 26.2. The third kappa shape index (κ3) is 19.4. The lowest BCUT2D eigenvalue weighted by molar-refractivity contribution is -0.153. The van der Waals surface area contributed by atoms with Crippen molar-refractivity contribution in [3.63, 3.8) is 0 Å². The Hall–Kier alpha value is 0.640. The molecule has 532 valence electrons. The van der Waals surface area contributed by atoms with Gasteiger partial charge in [-0.1, -0.05) is 145 Å². The second-order valence-corrected chi connectivity index (χ2v) is 66.9. The Morgan fingerprint density at radius 1 is 0.626 bits per heavy atom. The van der Waals surface area contributed by atoms with Crippen LogP contribution in [0.5, 0.6) is 0 Å². The molecule has 0 aliphatic heterocycles. The van der Waals surface area contributed by atoms with E-state index in [9.17, 15) is 27.4 Å². The Morgan fingerprint density at radius 3 is 1.48 bits per heavy atom. The van der Waals surface area contributed by atoms with Crippen molar-refractivity contribution in [2.24, 2.45) is 92.7 Å². The summed E-state index contributed by atoms with van der Waals surface area (Å²) in [5.41, 5.74) is 6.31. The number of esters is 2. The minimum Gasteiger partial charge on any atom is -0.462 e. The second-order valence-electron chi connectivity index (χ2n) is 34.0. The molecule has 0 aromatic carbocycles. The first kappa shape index (κ1) is 72.9. The van der Waals surface area contributed by atoms with Gasteiger partial charge in [0.2, 0.25) is 5.91 Å². The molecule has 0 aromatic heterocycles. The largest absolute Gasteiger partial charge is 0.462 e. The van der Waals surface area contributed by atoms with Crippen LogP contribution in [0.1, 0.15) is 243 Å². The Balaban J connectivity index is 0.000000307. The number of carbonyl (C=O) groups excluding carboxylic acids is 4. The monoisotopic (exact) mass is 1430 g/mol. The van der Waals surface area contributed by atoms with Gasteiger partial charge in [0.05, 0.1) is 17.3 Å². The maximum atomic E-state index is 13.6. The molecule has 0 bridgehead atoms. The van der Waals surface area contributed by atoms with E-state index in [1.54, 1.807) is 5.57 Å². The molecule has 7 unspecified atom stereocenters. The molecular weight excluding hydrogens is 1280 g/mol. The minimum atomic E-state index is -4.04. The summed E-state index contributed by atoms with van der Waals surface area (Å²) in [7, 11) is -11.4. The molecule has 2 N–H and O–H groups in total. The van der Waals surface area contributed by atoms with Gasteiger partial charge in [0.1, 0.15) is 18.0 Å². The van der Waals surface area contributed by atoms with Gasteiger partial charge in [-0.2, -0.15) is 0 Å². The molecule has 8 nitrogen and oxygen atoms in total. The van der Waals surface area contributed by atoms with Crippen LogP contribution < -0.4 is 4.72 Å². The molecule has 0 saturated heterocycles. The van der Waals surface area contributed by atoms with Crippen molar-refractivity contribution >= 4 is 93.1 Å². The smallest absolute Gasteiger partial charge is 0.306 e. The lowest BCUT2D eigenvalue weighted by atomic mass is 9.47. The summed E-state index contributed by atoms with van der Waals surface area (Å²) in [4.78, 5) is 59.9. The van der Waals surface area contributed by atoms with Crippen LogP contribution in [0.3, 0.4) is 0 Å². The van der Waals surface area contributed by atoms with Gasteiger partial charge in [-0.3, -0.25) is 14.4 Å². The van der Waals surface area contributed by atoms with Gasteiger partial charge < -0.3 is 23.9 Å². The molecule has 16 heteroatoms. The van der Waals surface area contributed by atoms with Crippen LogP contribution in [0, 0.1) is 92.7 Å². The summed E-state index contributed by atoms with van der Waals surface area (Å²) < 4.78 is 52.9. The summed E-state index contributed by atoms with van der Waals surface area (Å²) in [5.74, 6) is 9.05. The molecule has 6 fully saturated rings. The van der Waals surface area contributed by atoms with Crippen molar-refractivity contribution in [1.29, 1.82) is 4.50 Å². The highest BCUT2D eigenvalue weighted by atomic mass is 33.2. The number of amides is 1. The zero-order chi connectivity index (χ0) is 70.9. The van der Waals surface area contributed by atoms with Gasteiger partial charge in [0.15, 0.2) is 0 Å². The van der Waals surface area contributed by atoms with E-state index in [2.05, 4.69) is 99.4 Å². The summed E-state index contributed by atoms with van der Waals surface area (Å²) in [6.07, 6.45) is 43.1. The van der Waals surface area contributed by atoms with Crippen molar-refractivity contribution in [1.82, 2.24) is 4.72 Å². The van der Waals surface area contributed by atoms with Gasteiger partial charge in [-0.15, -0.1) is 0 Å². The van der Waals surface area contributed by atoms with E-state index in [4.69, 9.17) is 10.6 Å². The average molecular weight is 1430 g/mol. The molecule has 0 radical (unpaired) electrons. The first-order chi connectivity index (χ1) is 43.8. The van der Waals surface area contributed by atoms with E-state index in [0.29, 0.717) is 39.7 Å². The molecule has 8 rings (SSSR count). The Bertz CT molecular complexity index is 2750. The van der Waals surface area contributed by atoms with Crippen molar-refractivity contribution in [2.45, 2.75) is 255 Å². The molecule has 6 saturated carbocycles. The van der Waals surface area contributed by atoms with E-state index < -0.39 is 60.7 Å². The highest BCUT2D eigenvalue weighted by Gasteiger charge is 2.61. The molecular formula is C75H141NO7P4S4. The number of hydrogen-bond donors (Lipinski definition) is 6. The van der Waals surface area contributed by atoms with Gasteiger partial charge in [-0.25, -0.2) is 40.1 Å². The van der Waals surface area contributed by atoms with Gasteiger partial charge in [0, 0.05) is 51.0 Å². The fourth-order valence-corrected chi connectivity index (χ4v) is 60.5. The fourth-order valence-electron chi connectivity index (χ4n) is 20.5. The van der Waals surface area contributed by atoms with E-state index >= 15 is 0 Å². The number of ketones is 1. The number of ether oxygens (including phenoxy) is 2. The van der Waals surface area contributed by atoms with Crippen LogP contribution in [0.2, 0.25) is 0 Å². The summed E-state index contributed by atoms with van der Waals surface area (Å²) in [6.45, 7) is 32.7. The van der Waals surface area contributed by atoms with Crippen LogP contribution in [0.4, 0.5) is 0 Å². The number of nitrogens with one attached hydrogen (secondary N) is 1. The van der Waals surface area contributed by atoms with Crippen LogP contribution >= 0.6 is 69.5 Å². The molecule has 91 heavy (non-hydrogen) atoms. The Labute approximate surface area is 577 Å². The van der Waals surface area contributed by atoms with Crippen LogP contribution in [-0.4, -0.2) is 119 Å². The minimum absolute atomic E-state index is 0.00161. The normalized spacial score (nSPS) is 39.0. The highest BCUT2D eigenvalue weighted by molar-refractivity contribution is 9.09. The zero-order valence-corrected chi connectivity index (χ0v) is 68.6. The fraction of sp³-hybridized carbons (Fsp3) is 0.893. The highest BCUT2D eigenvalue weighted by Crippen LogP contribution is 2.91. The van der Waals surface area contributed by atoms with Gasteiger partial charge in [-0.05, 0) is 253 Å². The van der Waals surface area contributed by atoms with Crippen molar-refractivity contribution < 1.29 is 33.5 Å². The average Bonchev–Trinajstić information content (AvgIpc) is 1.59. The quantitative estimate of drug-likeness (QED) is 0.0191. The zero-order valence-electron chi connectivity index (χ0n) is 65.6. The third-order valence-corrected chi connectivity index (χ3v) is 66.9. The maximum Gasteiger partial charge on any atom is 0.306 e. The molecule has 1 amide bonds. The molecule has 0 heterocycles. The molecule has 23 atom stereocenters. The molecule has 8 aliphatic rings. The van der Waals surface area contributed by atoms with Crippen molar-refractivity contribution in [3.8, 4) is 0 Å². The number of hydrogen-bond acceptors (Lipinski definition) is 7. The Morgan fingerprint density at radius 2 is 1.05 bits per heavy atom. The topological polar surface area (TPSA) is 119 Å². The lowest BCUT2D eigenvalue weighted by Gasteiger charge is -2.60. The van der Waals surface area contributed by atoms with E-state index in [1.807, 2.05) is 44.2 Å². The summed E-state index contributed by atoms with van der Waals surface area (Å²) in [5, 5.41) is 0. The van der Waals surface area contributed by atoms with Crippen molar-refractivity contribution in [3.05, 3.63) is 23.3 Å². The summed E-state index contributed by atoms with van der Waals surface area (Å²) in [6, 6.07) is 0. The van der Waals surface area contributed by atoms with Crippen molar-refractivity contribution in [2.75, 3.05) is 74.0 Å². The Kier molecular flexibility index (Phi) is 26.8. The van der Waals surface area contributed by atoms with Crippen LogP contribution in [0.25, 0.3) is 0 Å². The standard InChI is InChI=1S/C43H89NO4P4S4.C32H52O3/c1-32(2)16-15-17-33(3)37-20-21-38-36-19-18-34-28-35(24-26-42(34,4)39(36)25-27-43(37,38)5)48-41(46)23-22-40(45)44-56(12,13,14)52(8)55(11)31-51(7)54(10)30-50(6)53(9)29-49-47;1-21(2)8-7-9-22(3)27-13-14-28-26-12-11-24-20-25(35-30(34)15-10-23(4)33)16-18-31(24,5)29(26)17-19-32(27,28)6/h18,32-33,35-39,47,49,53-56H,15-17,19-31H2,1-14H3,(H,44,45);11,21-22,25-29H,7-10,12-20H2,1-6H3/t33-,35+,36+,37-,38+,39+,42+,43-,50?,51?,52?;22-,25+,26+,27-,28+,29+,31+,32-/m11/s1/i53T,54T,55T,56T;. The molecule has 0 aromatic rings. The van der Waals surface area contributed by atoms with Crippen LogP contribution in [0.15, 0.2) is 23.3 Å². The summed E-state index contributed by atoms with van der Waals surface area (Å²) >= 11 is 0. The number of carbonyl (C=O) groups is 4. The van der Waals surface area contributed by atoms with Gasteiger partial charge >= 0.3 is 11.9 Å². The predicted molar refractivity (Wildman–Crippen MR) is 418 cm³/mol. The number of thiol groups is 4. The van der Waals surface area contributed by atoms with Gasteiger partial charge in [0.25, 0.3) is 0 Å². The number of Topliss-reactive ketones (excluding diaryl/α,β-unsaturated/α-hetero) is 1. The lowest BCUT2D eigenvalue weighted by Crippen LogP contribution is -2.51. The SMILES string of the molecule is CC(=O)CCC(=O)O[C@H]1CC[C@@]2(C)C(=CC[C@H]3[C@@H]4CC[C@H]([C@H](C)CCCC(C)C)[C@@]4(C)CC[C@@H]32)C1.[3H]S(C)(CPO)P(C)CS([3H])(C)P(C)CS([3H])(C)P(C)S([3H])(C)(C)(C)NC(=O)CCC(=O)O[C@H]1CC[C@@]2(C)C(=CC[C@H]3[C@@H]4CC[C@H]([C@H](C)CCCC(C)C)[C@@]4(C)CC[C@@H]32)C1. The maximum absolute atomic E-state index is 13.6. The second kappa shape index (κ2) is 33.4. The first-order valence-corrected chi connectivity index (χ1v) is 54.4. The van der Waals surface area contributed by atoms with E-state index in [1.165, 1.54) is 109 Å². The van der Waals surface area contributed by atoms with Crippen LogP contribution in [-0.2, 0) is 28.7 Å². The number of rotatable bonds is 29. The number of allylic oxidation sites excluding steroid dienone is 2.